The van der Waals surface area contributed by atoms with E-state index in [1.807, 2.05) is 13.0 Å². The van der Waals surface area contributed by atoms with Crippen LogP contribution in [0.25, 0.3) is 0 Å². The second kappa shape index (κ2) is 5.90. The van der Waals surface area contributed by atoms with Crippen LogP contribution in [0.1, 0.15) is 6.92 Å². The van der Waals surface area contributed by atoms with Crippen LogP contribution in [0, 0.1) is 0 Å². The Hall–Kier alpha value is -1.71. The van der Waals surface area contributed by atoms with Crippen molar-refractivity contribution in [2.75, 3.05) is 13.2 Å². The first-order chi connectivity index (χ1) is 7.26. The highest BCUT2D eigenvalue weighted by atomic mass is 16.8. The number of cyclic esters (lactones) is 2. The lowest BCUT2D eigenvalue weighted by Gasteiger charge is -2.09. The van der Waals surface area contributed by atoms with Crippen molar-refractivity contribution in [3.05, 3.63) is 36.6 Å². The molecule has 1 atom stereocenters. The fraction of sp³-hybridized carbons (Fsp3) is 0.364. The molecule has 82 valence electrons. The predicted octanol–water partition coefficient (Wildman–Crippen LogP) is 2.18. The summed E-state index contributed by atoms with van der Waals surface area (Å²) in [4.78, 5) is 10.6. The predicted molar refractivity (Wildman–Crippen MR) is 55.3 cm³/mol. The first-order valence-electron chi connectivity index (χ1n) is 4.68. The maximum atomic E-state index is 10.6. The summed E-state index contributed by atoms with van der Waals surface area (Å²) >= 11 is 0. The number of carbonyl (C=O) groups is 1. The molecule has 0 radical (unpaired) electrons. The van der Waals surface area contributed by atoms with Crippen molar-refractivity contribution >= 4 is 6.16 Å². The highest BCUT2D eigenvalue weighted by Gasteiger charge is 2.25. The zero-order valence-corrected chi connectivity index (χ0v) is 8.64. The fourth-order valence-electron chi connectivity index (χ4n) is 1.07. The van der Waals surface area contributed by atoms with E-state index in [9.17, 15) is 4.79 Å². The van der Waals surface area contributed by atoms with Crippen LogP contribution in [0.3, 0.4) is 0 Å². The van der Waals surface area contributed by atoms with Gasteiger partial charge in [-0.05, 0) is 19.1 Å². The smallest absolute Gasteiger partial charge is 0.490 e. The summed E-state index contributed by atoms with van der Waals surface area (Å²) in [5.74, 6) is 0.676. The first-order valence-corrected chi connectivity index (χ1v) is 4.68. The molecular formula is C11H14O4. The van der Waals surface area contributed by atoms with Crippen LogP contribution in [0.2, 0.25) is 0 Å². The molecule has 0 amide bonds. The van der Waals surface area contributed by atoms with Crippen LogP contribution in [0.15, 0.2) is 36.6 Å². The summed E-state index contributed by atoms with van der Waals surface area (Å²) in [6, 6.07) is 0. The minimum atomic E-state index is -0.635. The Labute approximate surface area is 88.8 Å². The Morgan fingerprint density at radius 2 is 2.53 bits per heavy atom. The van der Waals surface area contributed by atoms with Gasteiger partial charge in [-0.25, -0.2) is 4.79 Å². The monoisotopic (exact) mass is 210 g/mol. The van der Waals surface area contributed by atoms with Crippen LogP contribution >= 0.6 is 0 Å². The van der Waals surface area contributed by atoms with Gasteiger partial charge < -0.3 is 14.2 Å². The highest BCUT2D eigenvalue weighted by Crippen LogP contribution is 2.09. The van der Waals surface area contributed by atoms with Gasteiger partial charge in [0.05, 0.1) is 0 Å². The van der Waals surface area contributed by atoms with Gasteiger partial charge in [-0.15, -0.1) is 0 Å². The summed E-state index contributed by atoms with van der Waals surface area (Å²) in [5.41, 5.74) is 0. The number of carbonyl (C=O) groups excluding carboxylic acids is 1. The van der Waals surface area contributed by atoms with E-state index in [4.69, 9.17) is 9.47 Å². The molecule has 0 aromatic rings. The van der Waals surface area contributed by atoms with Crippen molar-refractivity contribution in [1.29, 1.82) is 0 Å². The molecule has 0 aromatic heterocycles. The molecule has 0 aromatic carbocycles. The standard InChI is InChI=1S/C11H14O4/c1-3-5-9(6-4-2)13-7-10-8-14-11(12)15-10/h3-6,10H,1,7-8H2,2H3/b6-4-,9-5+. The normalized spacial score (nSPS) is 21.3. The summed E-state index contributed by atoms with van der Waals surface area (Å²) in [6.07, 6.45) is 6.07. The number of allylic oxidation sites excluding steroid dienone is 4. The van der Waals surface area contributed by atoms with E-state index in [1.165, 1.54) is 0 Å². The van der Waals surface area contributed by atoms with E-state index < -0.39 is 6.16 Å². The van der Waals surface area contributed by atoms with Gasteiger partial charge in [-0.1, -0.05) is 18.7 Å². The topological polar surface area (TPSA) is 44.8 Å². The second-order valence-corrected chi connectivity index (χ2v) is 2.92. The number of ether oxygens (including phenoxy) is 3. The Kier molecular flexibility index (Phi) is 4.47. The molecule has 1 heterocycles. The van der Waals surface area contributed by atoms with E-state index in [-0.39, 0.29) is 19.3 Å². The van der Waals surface area contributed by atoms with E-state index in [1.54, 1.807) is 18.2 Å². The third-order valence-corrected chi connectivity index (χ3v) is 1.70. The van der Waals surface area contributed by atoms with Gasteiger partial charge >= 0.3 is 6.16 Å². The Bertz CT molecular complexity index is 291. The molecule has 4 heteroatoms. The SMILES string of the molecule is C=C/C=C(\C=C/C)OCC1COC(=O)O1. The first kappa shape index (κ1) is 11.4. The molecule has 4 nitrogen and oxygen atoms in total. The van der Waals surface area contributed by atoms with Crippen LogP contribution in [-0.4, -0.2) is 25.5 Å². The summed E-state index contributed by atoms with van der Waals surface area (Å²) in [6.45, 7) is 6.00. The Morgan fingerprint density at radius 3 is 3.07 bits per heavy atom. The minimum absolute atomic E-state index is 0.246. The van der Waals surface area contributed by atoms with E-state index >= 15 is 0 Å². The van der Waals surface area contributed by atoms with Crippen molar-refractivity contribution in [2.45, 2.75) is 13.0 Å². The van der Waals surface area contributed by atoms with Gasteiger partial charge in [0.25, 0.3) is 0 Å². The fourth-order valence-corrected chi connectivity index (χ4v) is 1.07. The van der Waals surface area contributed by atoms with E-state index in [0.29, 0.717) is 5.76 Å². The van der Waals surface area contributed by atoms with E-state index in [0.717, 1.165) is 0 Å². The lowest BCUT2D eigenvalue weighted by molar-refractivity contribution is 0.0793. The second-order valence-electron chi connectivity index (χ2n) is 2.92. The molecule has 1 aliphatic heterocycles. The van der Waals surface area contributed by atoms with Crippen molar-refractivity contribution < 1.29 is 19.0 Å². The van der Waals surface area contributed by atoms with Crippen LogP contribution in [0.4, 0.5) is 4.79 Å². The average Bonchev–Trinajstić information content (AvgIpc) is 2.61. The van der Waals surface area contributed by atoms with Gasteiger partial charge in [0.2, 0.25) is 0 Å². The van der Waals surface area contributed by atoms with Crippen LogP contribution in [-0.2, 0) is 14.2 Å². The number of rotatable bonds is 5. The molecule has 1 unspecified atom stereocenters. The van der Waals surface area contributed by atoms with E-state index in [2.05, 4.69) is 11.3 Å². The average molecular weight is 210 g/mol. The molecule has 0 aliphatic carbocycles. The quantitative estimate of drug-likeness (QED) is 0.396. The van der Waals surface area contributed by atoms with Gasteiger partial charge in [0.15, 0.2) is 6.10 Å². The van der Waals surface area contributed by atoms with Crippen molar-refractivity contribution in [2.24, 2.45) is 0 Å². The Morgan fingerprint density at radius 1 is 1.73 bits per heavy atom. The number of hydrogen-bond donors (Lipinski definition) is 0. The number of hydrogen-bond acceptors (Lipinski definition) is 4. The highest BCUT2D eigenvalue weighted by molar-refractivity contribution is 5.61. The van der Waals surface area contributed by atoms with Crippen LogP contribution in [0.5, 0.6) is 0 Å². The summed E-state index contributed by atoms with van der Waals surface area (Å²) in [7, 11) is 0. The largest absolute Gasteiger partial charge is 0.508 e. The molecule has 0 bridgehead atoms. The van der Waals surface area contributed by atoms with Crippen molar-refractivity contribution in [3.8, 4) is 0 Å². The van der Waals surface area contributed by atoms with Crippen LogP contribution < -0.4 is 0 Å². The molecule has 1 fully saturated rings. The molecule has 0 spiro atoms. The molecule has 0 saturated carbocycles. The zero-order chi connectivity index (χ0) is 11.1. The Balaban J connectivity index is 2.37. The summed E-state index contributed by atoms with van der Waals surface area (Å²) < 4.78 is 14.8. The minimum Gasteiger partial charge on any atom is -0.490 e. The molecular weight excluding hydrogens is 196 g/mol. The maximum absolute atomic E-state index is 10.6. The third-order valence-electron chi connectivity index (χ3n) is 1.70. The van der Waals surface area contributed by atoms with Crippen molar-refractivity contribution in [3.63, 3.8) is 0 Å². The molecule has 1 rings (SSSR count). The third kappa shape index (κ3) is 3.89. The molecule has 1 saturated heterocycles. The maximum Gasteiger partial charge on any atom is 0.508 e. The lowest BCUT2D eigenvalue weighted by atomic mass is 10.3. The molecule has 0 N–H and O–H groups in total. The van der Waals surface area contributed by atoms with Crippen molar-refractivity contribution in [1.82, 2.24) is 0 Å². The van der Waals surface area contributed by atoms with Gasteiger partial charge in [-0.2, -0.15) is 0 Å². The summed E-state index contributed by atoms with van der Waals surface area (Å²) in [5, 5.41) is 0. The zero-order valence-electron chi connectivity index (χ0n) is 8.64. The van der Waals surface area contributed by atoms with Gasteiger partial charge in [-0.3, -0.25) is 0 Å². The molecule has 15 heavy (non-hydrogen) atoms. The molecule has 1 aliphatic rings. The van der Waals surface area contributed by atoms with Gasteiger partial charge in [0.1, 0.15) is 19.0 Å². The van der Waals surface area contributed by atoms with Gasteiger partial charge in [0, 0.05) is 0 Å². The lowest BCUT2D eigenvalue weighted by Crippen LogP contribution is -2.17.